The zero-order chi connectivity index (χ0) is 19.2. The van der Waals surface area contributed by atoms with E-state index in [0.29, 0.717) is 38.2 Å². The van der Waals surface area contributed by atoms with E-state index in [-0.39, 0.29) is 16.7 Å². The highest BCUT2D eigenvalue weighted by Crippen LogP contribution is 2.30. The van der Waals surface area contributed by atoms with Gasteiger partial charge in [-0.3, -0.25) is 4.79 Å². The lowest BCUT2D eigenvalue weighted by atomic mass is 9.97. The molecular weight excluding hydrogens is 352 g/mol. The Morgan fingerprint density at radius 2 is 1.96 bits per heavy atom. The van der Waals surface area contributed by atoms with E-state index >= 15 is 0 Å². The van der Waals surface area contributed by atoms with Crippen LogP contribution in [0.15, 0.2) is 23.1 Å². The van der Waals surface area contributed by atoms with E-state index in [2.05, 4.69) is 12.2 Å². The van der Waals surface area contributed by atoms with Crippen molar-refractivity contribution in [3.63, 3.8) is 0 Å². The summed E-state index contributed by atoms with van der Waals surface area (Å²) in [5, 5.41) is 2.97. The van der Waals surface area contributed by atoms with Gasteiger partial charge in [0.05, 0.1) is 7.11 Å². The summed E-state index contributed by atoms with van der Waals surface area (Å²) in [5.74, 6) is 0.292. The van der Waals surface area contributed by atoms with Crippen LogP contribution in [-0.4, -0.2) is 45.4 Å². The molecule has 7 heteroatoms. The average molecular weight is 383 g/mol. The van der Waals surface area contributed by atoms with Gasteiger partial charge in [-0.2, -0.15) is 4.31 Å². The average Bonchev–Trinajstić information content (AvgIpc) is 2.65. The molecule has 1 aliphatic rings. The molecule has 0 spiro atoms. The second kappa shape index (κ2) is 9.37. The number of rotatable bonds is 8. The molecule has 1 N–H and O–H groups in total. The number of carbonyl (C=O) groups is 1. The molecule has 0 aliphatic carbocycles. The van der Waals surface area contributed by atoms with Crippen LogP contribution in [0.1, 0.15) is 44.6 Å². The Morgan fingerprint density at radius 1 is 1.27 bits per heavy atom. The third kappa shape index (κ3) is 4.98. The molecule has 0 atom stereocenters. The second-order valence-electron chi connectivity index (χ2n) is 6.83. The minimum absolute atomic E-state index is 0.0475. The van der Waals surface area contributed by atoms with Crippen LogP contribution in [0, 0.1) is 12.8 Å². The fraction of sp³-hybridized carbons (Fsp3) is 0.632. The van der Waals surface area contributed by atoms with Gasteiger partial charge >= 0.3 is 0 Å². The van der Waals surface area contributed by atoms with Crippen LogP contribution < -0.4 is 10.1 Å². The number of amides is 1. The van der Waals surface area contributed by atoms with Crippen LogP contribution in [-0.2, 0) is 14.8 Å². The molecule has 0 bridgehead atoms. The number of piperidine rings is 1. The van der Waals surface area contributed by atoms with E-state index in [1.165, 1.54) is 11.4 Å². The summed E-state index contributed by atoms with van der Waals surface area (Å²) in [6.45, 7) is 5.39. The predicted molar refractivity (Wildman–Crippen MR) is 102 cm³/mol. The number of aryl methyl sites for hydroxylation is 1. The van der Waals surface area contributed by atoms with Gasteiger partial charge in [0, 0.05) is 25.6 Å². The maximum Gasteiger partial charge on any atom is 0.246 e. The highest BCUT2D eigenvalue weighted by Gasteiger charge is 2.33. The number of nitrogens with one attached hydrogen (secondary N) is 1. The normalized spacial score (nSPS) is 16.4. The van der Waals surface area contributed by atoms with Crippen molar-refractivity contribution in [2.75, 3.05) is 26.7 Å². The standard InChI is InChI=1S/C19H30N2O4S/c1-4-5-6-11-20-19(22)16-9-12-21(13-10-16)26(23,24)18-14-15(2)7-8-17(18)25-3/h7-8,14,16H,4-6,9-13H2,1-3H3,(H,20,22). The molecule has 0 saturated carbocycles. The maximum absolute atomic E-state index is 13.0. The Hall–Kier alpha value is -1.60. The minimum atomic E-state index is -3.62. The van der Waals surface area contributed by atoms with E-state index in [0.717, 1.165) is 24.8 Å². The highest BCUT2D eigenvalue weighted by atomic mass is 32.2. The lowest BCUT2D eigenvalue weighted by molar-refractivity contribution is -0.126. The maximum atomic E-state index is 13.0. The lowest BCUT2D eigenvalue weighted by Crippen LogP contribution is -2.43. The lowest BCUT2D eigenvalue weighted by Gasteiger charge is -2.31. The molecule has 1 aromatic carbocycles. The van der Waals surface area contributed by atoms with Crippen molar-refractivity contribution < 1.29 is 17.9 Å². The molecule has 1 fully saturated rings. The third-order valence-corrected chi connectivity index (χ3v) is 6.76. The minimum Gasteiger partial charge on any atom is -0.495 e. The van der Waals surface area contributed by atoms with Gasteiger partial charge < -0.3 is 10.1 Å². The zero-order valence-electron chi connectivity index (χ0n) is 16.0. The van der Waals surface area contributed by atoms with E-state index in [1.807, 2.05) is 13.0 Å². The fourth-order valence-electron chi connectivity index (χ4n) is 3.21. The first-order valence-electron chi connectivity index (χ1n) is 9.32. The summed E-state index contributed by atoms with van der Waals surface area (Å²) in [6.07, 6.45) is 4.31. The molecule has 6 nitrogen and oxygen atoms in total. The number of methoxy groups -OCH3 is 1. The highest BCUT2D eigenvalue weighted by molar-refractivity contribution is 7.89. The molecule has 1 aromatic rings. The van der Waals surface area contributed by atoms with E-state index in [9.17, 15) is 13.2 Å². The number of hydrogen-bond acceptors (Lipinski definition) is 4. The van der Waals surface area contributed by atoms with Gasteiger partial charge in [-0.25, -0.2) is 8.42 Å². The van der Waals surface area contributed by atoms with Gasteiger partial charge in [0.25, 0.3) is 0 Å². The monoisotopic (exact) mass is 382 g/mol. The number of unbranched alkanes of at least 4 members (excludes halogenated alkanes) is 2. The Bertz CT molecular complexity index is 710. The second-order valence-corrected chi connectivity index (χ2v) is 8.74. The quantitative estimate of drug-likeness (QED) is 0.702. The number of ether oxygens (including phenoxy) is 1. The molecule has 0 aromatic heterocycles. The summed E-state index contributed by atoms with van der Waals surface area (Å²) in [6, 6.07) is 5.15. The first-order valence-corrected chi connectivity index (χ1v) is 10.8. The molecule has 1 amide bonds. The Morgan fingerprint density at radius 3 is 2.58 bits per heavy atom. The summed E-state index contributed by atoms with van der Waals surface area (Å²) >= 11 is 0. The van der Waals surface area contributed by atoms with Crippen LogP contribution >= 0.6 is 0 Å². The van der Waals surface area contributed by atoms with E-state index in [4.69, 9.17) is 4.74 Å². The largest absolute Gasteiger partial charge is 0.495 e. The predicted octanol–water partition coefficient (Wildman–Crippen LogP) is 2.71. The van der Waals surface area contributed by atoms with Crippen molar-refractivity contribution in [1.82, 2.24) is 9.62 Å². The fourth-order valence-corrected chi connectivity index (χ4v) is 4.92. The van der Waals surface area contributed by atoms with Crippen molar-refractivity contribution in [2.24, 2.45) is 5.92 Å². The smallest absolute Gasteiger partial charge is 0.246 e. The van der Waals surface area contributed by atoms with Crippen LogP contribution in [0.4, 0.5) is 0 Å². The molecule has 1 saturated heterocycles. The molecular formula is C19H30N2O4S. The summed E-state index contributed by atoms with van der Waals surface area (Å²) in [5.41, 5.74) is 0.866. The molecule has 1 heterocycles. The summed E-state index contributed by atoms with van der Waals surface area (Å²) in [4.78, 5) is 12.4. The third-order valence-electron chi connectivity index (χ3n) is 4.84. The van der Waals surface area contributed by atoms with Crippen LogP contribution in [0.25, 0.3) is 0 Å². The molecule has 2 rings (SSSR count). The number of benzene rings is 1. The SMILES string of the molecule is CCCCCNC(=O)C1CCN(S(=O)(=O)c2cc(C)ccc2OC)CC1. The van der Waals surface area contributed by atoms with Crippen LogP contribution in [0.3, 0.4) is 0 Å². The van der Waals surface area contributed by atoms with Gasteiger partial charge in [-0.05, 0) is 43.9 Å². The number of nitrogens with zero attached hydrogens (tertiary/aromatic N) is 1. The van der Waals surface area contributed by atoms with Gasteiger partial charge in [0.2, 0.25) is 15.9 Å². The van der Waals surface area contributed by atoms with Crippen molar-refractivity contribution in [3.8, 4) is 5.75 Å². The zero-order valence-corrected chi connectivity index (χ0v) is 16.8. The van der Waals surface area contributed by atoms with Gasteiger partial charge in [0.15, 0.2) is 0 Å². The molecule has 1 aliphatic heterocycles. The van der Waals surface area contributed by atoms with Gasteiger partial charge in [-0.1, -0.05) is 25.8 Å². The van der Waals surface area contributed by atoms with E-state index in [1.54, 1.807) is 12.1 Å². The number of carbonyl (C=O) groups excluding carboxylic acids is 1. The molecule has 146 valence electrons. The first-order chi connectivity index (χ1) is 12.4. The Kier molecular flexibility index (Phi) is 7.46. The van der Waals surface area contributed by atoms with Crippen molar-refractivity contribution in [3.05, 3.63) is 23.8 Å². The van der Waals surface area contributed by atoms with Crippen molar-refractivity contribution in [2.45, 2.75) is 50.8 Å². The summed E-state index contributed by atoms with van der Waals surface area (Å²) in [7, 11) is -2.15. The summed E-state index contributed by atoms with van der Waals surface area (Å²) < 4.78 is 32.7. The molecule has 0 unspecified atom stereocenters. The van der Waals surface area contributed by atoms with Crippen molar-refractivity contribution in [1.29, 1.82) is 0 Å². The van der Waals surface area contributed by atoms with Crippen molar-refractivity contribution >= 4 is 15.9 Å². The molecule has 26 heavy (non-hydrogen) atoms. The Balaban J connectivity index is 1.98. The Labute approximate surface area is 157 Å². The van der Waals surface area contributed by atoms with E-state index < -0.39 is 10.0 Å². The number of sulfonamides is 1. The van der Waals surface area contributed by atoms with Gasteiger partial charge in [-0.15, -0.1) is 0 Å². The number of hydrogen-bond donors (Lipinski definition) is 1. The first kappa shape index (κ1) is 20.7. The van der Waals surface area contributed by atoms with Gasteiger partial charge in [0.1, 0.15) is 10.6 Å². The van der Waals surface area contributed by atoms with Crippen LogP contribution in [0.2, 0.25) is 0 Å². The molecule has 0 radical (unpaired) electrons. The van der Waals surface area contributed by atoms with Crippen LogP contribution in [0.5, 0.6) is 5.75 Å². The topological polar surface area (TPSA) is 75.7 Å².